The molecule has 4 rings (SSSR count). The van der Waals surface area contributed by atoms with E-state index in [1.165, 1.54) is 0 Å². The highest BCUT2D eigenvalue weighted by molar-refractivity contribution is 5.88. The number of methoxy groups -OCH3 is 1. The van der Waals surface area contributed by atoms with E-state index < -0.39 is 0 Å². The minimum Gasteiger partial charge on any atom is -0.381 e. The number of nitrogens with zero attached hydrogens (tertiary/aromatic N) is 2. The number of ketones is 1. The summed E-state index contributed by atoms with van der Waals surface area (Å²) in [5.74, 6) is 0.452. The van der Waals surface area contributed by atoms with Crippen LogP contribution in [-0.2, 0) is 16.0 Å². The molecule has 0 amide bonds. The lowest BCUT2D eigenvalue weighted by Crippen LogP contribution is -2.26. The van der Waals surface area contributed by atoms with Crippen LogP contribution in [0.1, 0.15) is 31.4 Å². The summed E-state index contributed by atoms with van der Waals surface area (Å²) in [7, 11) is 1.75. The van der Waals surface area contributed by atoms with Crippen LogP contribution in [0, 0.1) is 5.92 Å². The van der Waals surface area contributed by atoms with Gasteiger partial charge in [-0.05, 0) is 48.8 Å². The second-order valence-corrected chi connectivity index (χ2v) is 7.08. The van der Waals surface area contributed by atoms with Gasteiger partial charge in [0.25, 0.3) is 0 Å². The zero-order chi connectivity index (χ0) is 17.9. The summed E-state index contributed by atoms with van der Waals surface area (Å²) in [6.45, 7) is 0. The summed E-state index contributed by atoms with van der Waals surface area (Å²) in [6, 6.07) is 8.29. The first kappa shape index (κ1) is 16.9. The summed E-state index contributed by atoms with van der Waals surface area (Å²) < 4.78 is 5.40. The number of pyridine rings is 1. The summed E-state index contributed by atoms with van der Waals surface area (Å²) in [6.07, 6.45) is 10.1. The fourth-order valence-electron chi connectivity index (χ4n) is 3.81. The van der Waals surface area contributed by atoms with E-state index in [0.717, 1.165) is 53.3 Å². The molecule has 1 aliphatic carbocycles. The van der Waals surface area contributed by atoms with Crippen molar-refractivity contribution in [2.24, 2.45) is 5.92 Å². The fourth-order valence-corrected chi connectivity index (χ4v) is 3.81. The molecule has 134 valence electrons. The molecule has 3 aromatic rings. The van der Waals surface area contributed by atoms with Crippen LogP contribution in [0.2, 0.25) is 0 Å². The van der Waals surface area contributed by atoms with E-state index in [0.29, 0.717) is 18.3 Å². The molecule has 0 radical (unpaired) electrons. The molecular weight excluding hydrogens is 326 g/mol. The van der Waals surface area contributed by atoms with E-state index in [1.807, 2.05) is 24.7 Å². The minimum absolute atomic E-state index is 0.149. The Balaban J connectivity index is 1.50. The monoisotopic (exact) mass is 349 g/mol. The number of hydrogen-bond donors (Lipinski definition) is 1. The number of fused-ring (bicyclic) bond motifs is 1. The van der Waals surface area contributed by atoms with Crippen molar-refractivity contribution in [3.63, 3.8) is 0 Å². The van der Waals surface area contributed by atoms with Gasteiger partial charge >= 0.3 is 0 Å². The molecular formula is C21H23N3O2. The van der Waals surface area contributed by atoms with Gasteiger partial charge in [-0.3, -0.25) is 14.9 Å². The van der Waals surface area contributed by atoms with E-state index in [2.05, 4.69) is 33.4 Å². The molecule has 2 aromatic heterocycles. The van der Waals surface area contributed by atoms with Crippen LogP contribution in [0.5, 0.6) is 0 Å². The number of rotatable bonds is 5. The fraction of sp³-hybridized carbons (Fsp3) is 0.381. The van der Waals surface area contributed by atoms with Crippen LogP contribution in [0.15, 0.2) is 42.9 Å². The summed E-state index contributed by atoms with van der Waals surface area (Å²) >= 11 is 0. The molecule has 5 nitrogen and oxygen atoms in total. The van der Waals surface area contributed by atoms with Gasteiger partial charge in [-0.2, -0.15) is 5.10 Å². The van der Waals surface area contributed by atoms with Crippen LogP contribution < -0.4 is 0 Å². The largest absolute Gasteiger partial charge is 0.381 e. The highest BCUT2D eigenvalue weighted by Gasteiger charge is 2.26. The molecule has 0 atom stereocenters. The number of hydrogen-bond acceptors (Lipinski definition) is 4. The van der Waals surface area contributed by atoms with Gasteiger partial charge in [0.05, 0.1) is 12.3 Å². The quantitative estimate of drug-likeness (QED) is 0.757. The first-order valence-corrected chi connectivity index (χ1v) is 9.16. The van der Waals surface area contributed by atoms with Crippen molar-refractivity contribution < 1.29 is 9.53 Å². The number of benzene rings is 1. The normalized spacial score (nSPS) is 20.3. The highest BCUT2D eigenvalue weighted by Crippen LogP contribution is 2.28. The smallest absolute Gasteiger partial charge is 0.141 e. The predicted octanol–water partition coefficient (Wildman–Crippen LogP) is 3.94. The van der Waals surface area contributed by atoms with Crippen LogP contribution >= 0.6 is 0 Å². The number of H-pyrrole nitrogens is 1. The number of Topliss-reactive ketones (excluding diaryl/α,β-unsaturated/α-hetero) is 1. The Bertz CT molecular complexity index is 897. The molecule has 0 aliphatic heterocycles. The molecule has 2 heterocycles. The number of aromatic nitrogens is 3. The first-order chi connectivity index (χ1) is 12.7. The Morgan fingerprint density at radius 2 is 1.96 bits per heavy atom. The Morgan fingerprint density at radius 1 is 1.12 bits per heavy atom. The van der Waals surface area contributed by atoms with E-state index in [9.17, 15) is 4.79 Å². The molecule has 0 saturated heterocycles. The van der Waals surface area contributed by atoms with Gasteiger partial charge < -0.3 is 4.74 Å². The van der Waals surface area contributed by atoms with Crippen LogP contribution in [0.25, 0.3) is 21.9 Å². The SMILES string of the molecule is COC1CCC(C(=O)Cc2cc3cc(-c4cn[nH]c4)ccc3cn2)CC1. The molecule has 1 saturated carbocycles. The lowest BCUT2D eigenvalue weighted by Gasteiger charge is -2.26. The van der Waals surface area contributed by atoms with Gasteiger partial charge in [-0.25, -0.2) is 0 Å². The van der Waals surface area contributed by atoms with E-state index >= 15 is 0 Å². The Labute approximate surface area is 152 Å². The molecule has 1 fully saturated rings. The molecule has 0 bridgehead atoms. The van der Waals surface area contributed by atoms with Crippen molar-refractivity contribution in [3.8, 4) is 11.1 Å². The maximum Gasteiger partial charge on any atom is 0.141 e. The van der Waals surface area contributed by atoms with Gasteiger partial charge in [0.1, 0.15) is 5.78 Å². The first-order valence-electron chi connectivity index (χ1n) is 9.16. The van der Waals surface area contributed by atoms with Crippen molar-refractivity contribution in [2.45, 2.75) is 38.2 Å². The number of aromatic amines is 1. The Kier molecular flexibility index (Phi) is 4.80. The number of ether oxygens (including phenoxy) is 1. The zero-order valence-corrected chi connectivity index (χ0v) is 14.9. The number of carbonyl (C=O) groups is 1. The van der Waals surface area contributed by atoms with Crippen molar-refractivity contribution in [1.29, 1.82) is 0 Å². The van der Waals surface area contributed by atoms with Crippen LogP contribution in [0.3, 0.4) is 0 Å². The van der Waals surface area contributed by atoms with E-state index in [4.69, 9.17) is 4.74 Å². The van der Waals surface area contributed by atoms with Crippen molar-refractivity contribution in [2.75, 3.05) is 7.11 Å². The van der Waals surface area contributed by atoms with Gasteiger partial charge in [-0.15, -0.1) is 0 Å². The van der Waals surface area contributed by atoms with Gasteiger partial charge in [-0.1, -0.05) is 12.1 Å². The van der Waals surface area contributed by atoms with Crippen molar-refractivity contribution in [3.05, 3.63) is 48.5 Å². The number of nitrogens with one attached hydrogen (secondary N) is 1. The topological polar surface area (TPSA) is 67.9 Å². The summed E-state index contributed by atoms with van der Waals surface area (Å²) in [4.78, 5) is 17.2. The van der Waals surface area contributed by atoms with E-state index in [1.54, 1.807) is 7.11 Å². The van der Waals surface area contributed by atoms with Crippen molar-refractivity contribution >= 4 is 16.6 Å². The number of carbonyl (C=O) groups excluding carboxylic acids is 1. The van der Waals surface area contributed by atoms with Gasteiger partial charge in [0, 0.05) is 48.5 Å². The lowest BCUT2D eigenvalue weighted by molar-refractivity contribution is -0.124. The molecule has 26 heavy (non-hydrogen) atoms. The lowest BCUT2D eigenvalue weighted by atomic mass is 9.83. The Morgan fingerprint density at radius 3 is 2.69 bits per heavy atom. The molecule has 1 aliphatic rings. The van der Waals surface area contributed by atoms with Gasteiger partial charge in [0.2, 0.25) is 0 Å². The molecule has 0 unspecified atom stereocenters. The third-order valence-electron chi connectivity index (χ3n) is 5.43. The Hall–Kier alpha value is -2.53. The maximum atomic E-state index is 12.7. The molecule has 1 aromatic carbocycles. The second kappa shape index (κ2) is 7.38. The molecule has 5 heteroatoms. The average Bonchev–Trinajstić information content (AvgIpc) is 3.22. The second-order valence-electron chi connectivity index (χ2n) is 7.08. The van der Waals surface area contributed by atoms with Crippen LogP contribution in [0.4, 0.5) is 0 Å². The summed E-state index contributed by atoms with van der Waals surface area (Å²) in [5.41, 5.74) is 3.00. The zero-order valence-electron chi connectivity index (χ0n) is 14.9. The third kappa shape index (κ3) is 3.53. The maximum absolute atomic E-state index is 12.7. The highest BCUT2D eigenvalue weighted by atomic mass is 16.5. The predicted molar refractivity (Wildman–Crippen MR) is 101 cm³/mol. The summed E-state index contributed by atoms with van der Waals surface area (Å²) in [5, 5.41) is 9.03. The minimum atomic E-state index is 0.149. The third-order valence-corrected chi connectivity index (χ3v) is 5.43. The molecule has 0 spiro atoms. The standard InChI is InChI=1S/C21H23N3O2/c1-26-20-6-4-14(5-7-20)21(25)10-19-9-17-8-15(18-12-23-24-13-18)2-3-16(17)11-22-19/h2-3,8-9,11-14,20H,4-7,10H2,1H3,(H,23,24). The van der Waals surface area contributed by atoms with Gasteiger partial charge in [0.15, 0.2) is 0 Å². The van der Waals surface area contributed by atoms with Crippen molar-refractivity contribution in [1.82, 2.24) is 15.2 Å². The van der Waals surface area contributed by atoms with E-state index in [-0.39, 0.29) is 5.92 Å². The molecule has 1 N–H and O–H groups in total. The average molecular weight is 349 g/mol. The van der Waals surface area contributed by atoms with Crippen LogP contribution in [-0.4, -0.2) is 34.2 Å².